The minimum absolute atomic E-state index is 0.141. The van der Waals surface area contributed by atoms with Crippen molar-refractivity contribution in [3.05, 3.63) is 90.0 Å². The predicted octanol–water partition coefficient (Wildman–Crippen LogP) is 5.44. The zero-order valence-corrected chi connectivity index (χ0v) is 16.3. The normalized spacial score (nSPS) is 11.5. The van der Waals surface area contributed by atoms with Crippen molar-refractivity contribution in [2.24, 2.45) is 0 Å². The van der Waals surface area contributed by atoms with Gasteiger partial charge in [0.25, 0.3) is 5.91 Å². The molecule has 3 aromatic rings. The number of para-hydroxylation sites is 2. The molecule has 1 atom stereocenters. The van der Waals surface area contributed by atoms with E-state index in [0.717, 1.165) is 17.7 Å². The molecule has 4 heteroatoms. The largest absolute Gasteiger partial charge is 0.492 e. The second-order valence-corrected chi connectivity index (χ2v) is 6.46. The molecule has 144 valence electrons. The molecule has 2 N–H and O–H groups in total. The summed E-state index contributed by atoms with van der Waals surface area (Å²) in [5, 5.41) is 6.38. The number of anilines is 2. The first-order valence-electron chi connectivity index (χ1n) is 9.64. The number of ether oxygens (including phenoxy) is 1. The van der Waals surface area contributed by atoms with Crippen LogP contribution in [0.15, 0.2) is 78.9 Å². The Balaban J connectivity index is 1.85. The number of hydrogen-bond acceptors (Lipinski definition) is 3. The number of carbonyl (C=O) groups is 1. The van der Waals surface area contributed by atoms with Crippen molar-refractivity contribution in [2.75, 3.05) is 17.2 Å². The topological polar surface area (TPSA) is 50.4 Å². The van der Waals surface area contributed by atoms with E-state index in [9.17, 15) is 4.79 Å². The molecular weight excluding hydrogens is 348 g/mol. The maximum atomic E-state index is 13.2. The van der Waals surface area contributed by atoms with Crippen LogP contribution in [-0.4, -0.2) is 12.5 Å². The Kier molecular flexibility index (Phi) is 6.68. The Labute approximate surface area is 166 Å². The summed E-state index contributed by atoms with van der Waals surface area (Å²) in [6.45, 7) is 4.59. The van der Waals surface area contributed by atoms with E-state index in [-0.39, 0.29) is 5.91 Å². The van der Waals surface area contributed by atoms with Crippen molar-refractivity contribution in [1.29, 1.82) is 0 Å². The van der Waals surface area contributed by atoms with E-state index in [0.29, 0.717) is 18.0 Å². The summed E-state index contributed by atoms with van der Waals surface area (Å²) in [5.41, 5.74) is 3.73. The second-order valence-electron chi connectivity index (χ2n) is 6.46. The van der Waals surface area contributed by atoms with E-state index < -0.39 is 6.04 Å². The van der Waals surface area contributed by atoms with Gasteiger partial charge in [-0.15, -0.1) is 0 Å². The quantitative estimate of drug-likeness (QED) is 0.552. The van der Waals surface area contributed by atoms with Gasteiger partial charge in [-0.1, -0.05) is 61.5 Å². The fraction of sp³-hybridized carbons (Fsp3) is 0.208. The van der Waals surface area contributed by atoms with Crippen LogP contribution >= 0.6 is 0 Å². The lowest BCUT2D eigenvalue weighted by Gasteiger charge is -2.21. The summed E-state index contributed by atoms with van der Waals surface area (Å²) in [7, 11) is 0. The number of rotatable bonds is 8. The number of carbonyl (C=O) groups excluding carboxylic acids is 1. The van der Waals surface area contributed by atoms with Gasteiger partial charge in [-0.2, -0.15) is 0 Å². The van der Waals surface area contributed by atoms with Crippen LogP contribution in [-0.2, 0) is 11.2 Å². The van der Waals surface area contributed by atoms with Crippen LogP contribution in [0.3, 0.4) is 0 Å². The molecule has 0 aliphatic heterocycles. The first kappa shape index (κ1) is 19.5. The van der Waals surface area contributed by atoms with E-state index in [2.05, 4.69) is 29.7 Å². The average molecular weight is 374 g/mol. The SMILES string of the molecule is CCOc1ccccc1NC(=O)[C@H](Nc1ccc(CC)cc1)c1ccccc1. The number of benzene rings is 3. The van der Waals surface area contributed by atoms with E-state index in [4.69, 9.17) is 4.74 Å². The molecule has 0 bridgehead atoms. The zero-order chi connectivity index (χ0) is 19.8. The summed E-state index contributed by atoms with van der Waals surface area (Å²) in [6.07, 6.45) is 0.983. The fourth-order valence-electron chi connectivity index (χ4n) is 3.01. The smallest absolute Gasteiger partial charge is 0.251 e. The van der Waals surface area contributed by atoms with E-state index in [1.165, 1.54) is 5.56 Å². The highest BCUT2D eigenvalue weighted by molar-refractivity contribution is 5.98. The van der Waals surface area contributed by atoms with Crippen LogP contribution in [0, 0.1) is 0 Å². The molecule has 0 unspecified atom stereocenters. The van der Waals surface area contributed by atoms with Crippen LogP contribution in [0.2, 0.25) is 0 Å². The molecule has 4 nitrogen and oxygen atoms in total. The summed E-state index contributed by atoms with van der Waals surface area (Å²) < 4.78 is 5.63. The predicted molar refractivity (Wildman–Crippen MR) is 115 cm³/mol. The second kappa shape index (κ2) is 9.60. The van der Waals surface area contributed by atoms with Gasteiger partial charge in [0.1, 0.15) is 11.8 Å². The first-order valence-corrected chi connectivity index (χ1v) is 9.64. The Morgan fingerprint density at radius 2 is 1.57 bits per heavy atom. The third-order valence-corrected chi connectivity index (χ3v) is 4.51. The lowest BCUT2D eigenvalue weighted by molar-refractivity contribution is -0.117. The van der Waals surface area contributed by atoms with E-state index >= 15 is 0 Å². The Morgan fingerprint density at radius 3 is 2.25 bits per heavy atom. The molecule has 0 saturated carbocycles. The summed E-state index contributed by atoms with van der Waals surface area (Å²) >= 11 is 0. The Bertz CT molecular complexity index is 892. The van der Waals surface area contributed by atoms with Gasteiger partial charge in [0.15, 0.2) is 0 Å². The molecule has 3 rings (SSSR count). The number of hydrogen-bond donors (Lipinski definition) is 2. The molecule has 0 saturated heterocycles. The van der Waals surface area contributed by atoms with E-state index in [1.54, 1.807) is 0 Å². The lowest BCUT2D eigenvalue weighted by atomic mass is 10.0. The van der Waals surface area contributed by atoms with Gasteiger partial charge < -0.3 is 15.4 Å². The molecule has 0 aliphatic rings. The molecular formula is C24H26N2O2. The number of aryl methyl sites for hydroxylation is 1. The molecule has 28 heavy (non-hydrogen) atoms. The van der Waals surface area contributed by atoms with E-state index in [1.807, 2.05) is 73.7 Å². The third-order valence-electron chi connectivity index (χ3n) is 4.51. The van der Waals surface area contributed by atoms with Crippen molar-refractivity contribution in [1.82, 2.24) is 0 Å². The Hall–Kier alpha value is -3.27. The van der Waals surface area contributed by atoms with Crippen molar-refractivity contribution in [3.63, 3.8) is 0 Å². The minimum atomic E-state index is -0.525. The highest BCUT2D eigenvalue weighted by atomic mass is 16.5. The average Bonchev–Trinajstić information content (AvgIpc) is 2.74. The first-order chi connectivity index (χ1) is 13.7. The van der Waals surface area contributed by atoms with Crippen LogP contribution in [0.25, 0.3) is 0 Å². The minimum Gasteiger partial charge on any atom is -0.492 e. The van der Waals surface area contributed by atoms with Crippen LogP contribution in [0.5, 0.6) is 5.75 Å². The van der Waals surface area contributed by atoms with Gasteiger partial charge >= 0.3 is 0 Å². The molecule has 0 radical (unpaired) electrons. The van der Waals surface area contributed by atoms with Crippen LogP contribution < -0.4 is 15.4 Å². The monoisotopic (exact) mass is 374 g/mol. The number of amides is 1. The molecule has 1 amide bonds. The van der Waals surface area contributed by atoms with Crippen LogP contribution in [0.1, 0.15) is 31.0 Å². The molecule has 0 aliphatic carbocycles. The van der Waals surface area contributed by atoms with Gasteiger partial charge in [-0.25, -0.2) is 0 Å². The van der Waals surface area contributed by atoms with Gasteiger partial charge in [0.05, 0.1) is 12.3 Å². The zero-order valence-electron chi connectivity index (χ0n) is 16.3. The molecule has 3 aromatic carbocycles. The van der Waals surface area contributed by atoms with Crippen molar-refractivity contribution < 1.29 is 9.53 Å². The van der Waals surface area contributed by atoms with Gasteiger partial charge in [-0.05, 0) is 48.7 Å². The highest BCUT2D eigenvalue weighted by Crippen LogP contribution is 2.27. The van der Waals surface area contributed by atoms with Crippen molar-refractivity contribution in [3.8, 4) is 5.75 Å². The standard InChI is InChI=1S/C24H26N2O2/c1-3-18-14-16-20(17-15-18)25-23(19-10-6-5-7-11-19)24(27)26-21-12-8-9-13-22(21)28-4-2/h5-17,23,25H,3-4H2,1-2H3,(H,26,27)/t23-/m1/s1. The van der Waals surface area contributed by atoms with Crippen molar-refractivity contribution in [2.45, 2.75) is 26.3 Å². The summed E-state index contributed by atoms with van der Waals surface area (Å²) in [5.74, 6) is 0.524. The van der Waals surface area contributed by atoms with Crippen molar-refractivity contribution >= 4 is 17.3 Å². The Morgan fingerprint density at radius 1 is 0.893 bits per heavy atom. The molecule has 0 fully saturated rings. The maximum absolute atomic E-state index is 13.2. The lowest BCUT2D eigenvalue weighted by Crippen LogP contribution is -2.27. The number of nitrogens with one attached hydrogen (secondary N) is 2. The summed E-state index contributed by atoms with van der Waals surface area (Å²) in [4.78, 5) is 13.2. The summed E-state index contributed by atoms with van der Waals surface area (Å²) in [6, 6.07) is 24.8. The molecule has 0 aromatic heterocycles. The van der Waals surface area contributed by atoms with Gasteiger partial charge in [-0.3, -0.25) is 4.79 Å². The fourth-order valence-corrected chi connectivity index (χ4v) is 3.01. The third kappa shape index (κ3) is 4.92. The van der Waals surface area contributed by atoms with Gasteiger partial charge in [0.2, 0.25) is 0 Å². The molecule has 0 heterocycles. The van der Waals surface area contributed by atoms with Crippen LogP contribution in [0.4, 0.5) is 11.4 Å². The molecule has 0 spiro atoms. The highest BCUT2D eigenvalue weighted by Gasteiger charge is 2.21. The maximum Gasteiger partial charge on any atom is 0.251 e. The van der Waals surface area contributed by atoms with Gasteiger partial charge in [0, 0.05) is 5.69 Å².